The zero-order valence-electron chi connectivity index (χ0n) is 12.3. The summed E-state index contributed by atoms with van der Waals surface area (Å²) in [7, 11) is 3.22. The van der Waals surface area contributed by atoms with Crippen molar-refractivity contribution in [2.45, 2.75) is 13.0 Å². The number of hydrogen-bond acceptors (Lipinski definition) is 4. The van der Waals surface area contributed by atoms with Crippen LogP contribution in [-0.4, -0.2) is 25.9 Å². The van der Waals surface area contributed by atoms with Gasteiger partial charge in [0.25, 0.3) is 0 Å². The van der Waals surface area contributed by atoms with E-state index in [0.29, 0.717) is 24.5 Å². The van der Waals surface area contributed by atoms with Crippen molar-refractivity contribution in [2.75, 3.05) is 20.8 Å². The minimum absolute atomic E-state index is 0.108. The van der Waals surface area contributed by atoms with Crippen LogP contribution >= 0.6 is 0 Å². The highest BCUT2D eigenvalue weighted by Gasteiger charge is 2.06. The standard InChI is InChI=1S/C17H20O4/c1-19-16-8-7-13(11-17(16)20-2)12-21-15-6-4-3-5-14(15)9-10-18/h3-8,11,18H,9-10,12H2,1-2H3. The third-order valence-electron chi connectivity index (χ3n) is 3.20. The van der Waals surface area contributed by atoms with E-state index in [0.717, 1.165) is 16.9 Å². The molecule has 21 heavy (non-hydrogen) atoms. The van der Waals surface area contributed by atoms with Crippen LogP contribution in [0.1, 0.15) is 11.1 Å². The van der Waals surface area contributed by atoms with Crippen molar-refractivity contribution in [1.29, 1.82) is 0 Å². The van der Waals surface area contributed by atoms with Crippen molar-refractivity contribution in [2.24, 2.45) is 0 Å². The van der Waals surface area contributed by atoms with Gasteiger partial charge < -0.3 is 19.3 Å². The minimum Gasteiger partial charge on any atom is -0.493 e. The van der Waals surface area contributed by atoms with Gasteiger partial charge in [-0.05, 0) is 35.7 Å². The number of para-hydroxylation sites is 1. The second-order valence-electron chi connectivity index (χ2n) is 4.56. The molecule has 112 valence electrons. The Labute approximate surface area is 124 Å². The summed E-state index contributed by atoms with van der Waals surface area (Å²) >= 11 is 0. The highest BCUT2D eigenvalue weighted by atomic mass is 16.5. The highest BCUT2D eigenvalue weighted by Crippen LogP contribution is 2.28. The molecule has 0 saturated carbocycles. The van der Waals surface area contributed by atoms with E-state index in [4.69, 9.17) is 19.3 Å². The molecular weight excluding hydrogens is 268 g/mol. The van der Waals surface area contributed by atoms with Crippen molar-refractivity contribution >= 4 is 0 Å². The first-order valence-electron chi connectivity index (χ1n) is 6.81. The maximum absolute atomic E-state index is 9.07. The first-order chi connectivity index (χ1) is 10.3. The fraction of sp³-hybridized carbons (Fsp3) is 0.294. The van der Waals surface area contributed by atoms with E-state index < -0.39 is 0 Å². The van der Waals surface area contributed by atoms with Gasteiger partial charge in [-0.2, -0.15) is 0 Å². The van der Waals surface area contributed by atoms with Crippen LogP contribution in [-0.2, 0) is 13.0 Å². The van der Waals surface area contributed by atoms with Gasteiger partial charge in [-0.15, -0.1) is 0 Å². The molecule has 0 aliphatic carbocycles. The summed E-state index contributed by atoms with van der Waals surface area (Å²) in [5.74, 6) is 2.17. The van der Waals surface area contributed by atoms with Crippen LogP contribution in [0.3, 0.4) is 0 Å². The monoisotopic (exact) mass is 288 g/mol. The van der Waals surface area contributed by atoms with Gasteiger partial charge in [-0.3, -0.25) is 0 Å². The average Bonchev–Trinajstić information content (AvgIpc) is 2.54. The van der Waals surface area contributed by atoms with E-state index >= 15 is 0 Å². The number of rotatable bonds is 7. The quantitative estimate of drug-likeness (QED) is 0.851. The van der Waals surface area contributed by atoms with Crippen molar-refractivity contribution < 1.29 is 19.3 Å². The molecule has 2 aromatic carbocycles. The predicted octanol–water partition coefficient (Wildman–Crippen LogP) is 2.82. The molecule has 4 heteroatoms. The van der Waals surface area contributed by atoms with Crippen molar-refractivity contribution in [3.05, 3.63) is 53.6 Å². The zero-order valence-corrected chi connectivity index (χ0v) is 12.3. The molecule has 0 heterocycles. The molecule has 0 fully saturated rings. The van der Waals surface area contributed by atoms with Gasteiger partial charge >= 0.3 is 0 Å². The number of benzene rings is 2. The Hall–Kier alpha value is -2.20. The number of aliphatic hydroxyl groups is 1. The van der Waals surface area contributed by atoms with E-state index in [9.17, 15) is 0 Å². The molecule has 0 spiro atoms. The molecule has 0 aromatic heterocycles. The summed E-state index contributed by atoms with van der Waals surface area (Å²) in [6.45, 7) is 0.541. The maximum Gasteiger partial charge on any atom is 0.161 e. The molecular formula is C17H20O4. The highest BCUT2D eigenvalue weighted by molar-refractivity contribution is 5.43. The predicted molar refractivity (Wildman–Crippen MR) is 81.1 cm³/mol. The summed E-state index contributed by atoms with van der Waals surface area (Å²) in [5, 5.41) is 9.07. The molecule has 0 aliphatic heterocycles. The SMILES string of the molecule is COc1ccc(COc2ccccc2CCO)cc1OC. The molecule has 2 rings (SSSR count). The molecule has 0 atom stereocenters. The topological polar surface area (TPSA) is 47.9 Å². The van der Waals surface area contributed by atoms with Crippen molar-refractivity contribution in [1.82, 2.24) is 0 Å². The lowest BCUT2D eigenvalue weighted by Gasteiger charge is -2.12. The van der Waals surface area contributed by atoms with E-state index in [-0.39, 0.29) is 6.61 Å². The van der Waals surface area contributed by atoms with Crippen LogP contribution in [0.2, 0.25) is 0 Å². The fourth-order valence-corrected chi connectivity index (χ4v) is 2.10. The first-order valence-corrected chi connectivity index (χ1v) is 6.81. The summed E-state index contributed by atoms with van der Waals surface area (Å²) < 4.78 is 16.3. The minimum atomic E-state index is 0.108. The number of hydrogen-bond donors (Lipinski definition) is 1. The molecule has 0 unspecified atom stereocenters. The van der Waals surface area contributed by atoms with Gasteiger partial charge in [0.2, 0.25) is 0 Å². The Bertz CT molecular complexity index is 581. The van der Waals surface area contributed by atoms with Crippen molar-refractivity contribution in [3.8, 4) is 17.2 Å². The lowest BCUT2D eigenvalue weighted by Crippen LogP contribution is -2.01. The molecule has 0 saturated heterocycles. The Morgan fingerprint density at radius 1 is 0.905 bits per heavy atom. The Morgan fingerprint density at radius 3 is 2.38 bits per heavy atom. The van der Waals surface area contributed by atoms with Gasteiger partial charge in [-0.25, -0.2) is 0 Å². The number of ether oxygens (including phenoxy) is 3. The lowest BCUT2D eigenvalue weighted by atomic mass is 10.1. The largest absolute Gasteiger partial charge is 0.493 e. The molecule has 2 aromatic rings. The van der Waals surface area contributed by atoms with E-state index in [1.165, 1.54) is 0 Å². The Morgan fingerprint density at radius 2 is 1.67 bits per heavy atom. The van der Waals surface area contributed by atoms with Crippen molar-refractivity contribution in [3.63, 3.8) is 0 Å². The van der Waals surface area contributed by atoms with E-state index in [1.54, 1.807) is 14.2 Å². The van der Waals surface area contributed by atoms with E-state index in [2.05, 4.69) is 0 Å². The summed E-state index contributed by atoms with van der Waals surface area (Å²) in [6.07, 6.45) is 0.585. The van der Waals surface area contributed by atoms with Crippen LogP contribution in [0.15, 0.2) is 42.5 Å². The van der Waals surface area contributed by atoms with Gasteiger partial charge in [0.15, 0.2) is 11.5 Å². The number of methoxy groups -OCH3 is 2. The van der Waals surface area contributed by atoms with Crippen LogP contribution in [0.4, 0.5) is 0 Å². The van der Waals surface area contributed by atoms with Gasteiger partial charge in [-0.1, -0.05) is 24.3 Å². The van der Waals surface area contributed by atoms with Crippen LogP contribution in [0.5, 0.6) is 17.2 Å². The van der Waals surface area contributed by atoms with E-state index in [1.807, 2.05) is 42.5 Å². The average molecular weight is 288 g/mol. The van der Waals surface area contributed by atoms with Gasteiger partial charge in [0.1, 0.15) is 12.4 Å². The normalized spacial score (nSPS) is 10.2. The van der Waals surface area contributed by atoms with Gasteiger partial charge in [0.05, 0.1) is 14.2 Å². The van der Waals surface area contributed by atoms with Crippen LogP contribution in [0, 0.1) is 0 Å². The molecule has 0 amide bonds. The number of aliphatic hydroxyl groups excluding tert-OH is 1. The molecule has 0 bridgehead atoms. The fourth-order valence-electron chi connectivity index (χ4n) is 2.10. The molecule has 0 aliphatic rings. The molecule has 0 radical (unpaired) electrons. The lowest BCUT2D eigenvalue weighted by molar-refractivity contribution is 0.283. The zero-order chi connectivity index (χ0) is 15.1. The molecule has 4 nitrogen and oxygen atoms in total. The Kier molecular flexibility index (Phi) is 5.46. The third-order valence-corrected chi connectivity index (χ3v) is 3.20. The third kappa shape index (κ3) is 3.89. The summed E-state index contributed by atoms with van der Waals surface area (Å²) in [4.78, 5) is 0. The first kappa shape index (κ1) is 15.2. The van der Waals surface area contributed by atoms with Crippen LogP contribution < -0.4 is 14.2 Å². The van der Waals surface area contributed by atoms with Gasteiger partial charge in [0, 0.05) is 6.61 Å². The maximum atomic E-state index is 9.07. The van der Waals surface area contributed by atoms with Crippen LogP contribution in [0.25, 0.3) is 0 Å². The smallest absolute Gasteiger partial charge is 0.161 e. The Balaban J connectivity index is 2.09. The molecule has 1 N–H and O–H groups in total. The second kappa shape index (κ2) is 7.55. The second-order valence-corrected chi connectivity index (χ2v) is 4.56. The summed E-state index contributed by atoms with van der Waals surface area (Å²) in [6, 6.07) is 13.4. The summed E-state index contributed by atoms with van der Waals surface area (Å²) in [5.41, 5.74) is 1.99.